The number of benzene rings is 1. The van der Waals surface area contributed by atoms with Crippen LogP contribution < -0.4 is 15.8 Å². The molecule has 0 saturated heterocycles. The van der Waals surface area contributed by atoms with Crippen LogP contribution in [-0.2, 0) is 0 Å². The first-order chi connectivity index (χ1) is 5.86. The van der Waals surface area contributed by atoms with Crippen LogP contribution in [0.1, 0.15) is 12.8 Å². The van der Waals surface area contributed by atoms with Gasteiger partial charge in [0.2, 0.25) is 0 Å². The summed E-state index contributed by atoms with van der Waals surface area (Å²) in [5.74, 6) is 0. The highest BCUT2D eigenvalue weighted by molar-refractivity contribution is 5.25. The van der Waals surface area contributed by atoms with E-state index in [1.807, 2.05) is 18.2 Å². The van der Waals surface area contributed by atoms with E-state index in [0.29, 0.717) is 0 Å². The van der Waals surface area contributed by atoms with Gasteiger partial charge in [-0.25, -0.2) is 0 Å². The molecule has 1 heteroatoms. The standard InChI is InChI=1S/C11H13N/c1-9-4-2-3-5-10(9)8-12-11-6-7-11/h2-5,8,11-12H,1,6-7H2/b10-8-. The van der Waals surface area contributed by atoms with Gasteiger partial charge < -0.3 is 5.32 Å². The van der Waals surface area contributed by atoms with E-state index in [1.54, 1.807) is 0 Å². The molecule has 0 amide bonds. The summed E-state index contributed by atoms with van der Waals surface area (Å²) in [7, 11) is 0. The highest BCUT2D eigenvalue weighted by atomic mass is 14.9. The fraction of sp³-hybridized carbons (Fsp3) is 0.273. The number of nitrogens with one attached hydrogen (secondary N) is 1. The highest BCUT2D eigenvalue weighted by Crippen LogP contribution is 2.18. The Hall–Kier alpha value is -1.24. The molecule has 1 aliphatic rings. The van der Waals surface area contributed by atoms with Crippen LogP contribution in [-0.4, -0.2) is 6.04 Å². The molecule has 1 aromatic rings. The van der Waals surface area contributed by atoms with Gasteiger partial charge in [0, 0.05) is 12.2 Å². The van der Waals surface area contributed by atoms with E-state index in [4.69, 9.17) is 0 Å². The molecule has 12 heavy (non-hydrogen) atoms. The molecule has 1 aliphatic carbocycles. The van der Waals surface area contributed by atoms with Crippen LogP contribution in [0.3, 0.4) is 0 Å². The molecular formula is C11H13N. The Kier molecular flexibility index (Phi) is 1.86. The van der Waals surface area contributed by atoms with E-state index in [0.717, 1.165) is 11.3 Å². The minimum absolute atomic E-state index is 0.726. The molecule has 0 bridgehead atoms. The summed E-state index contributed by atoms with van der Waals surface area (Å²) >= 11 is 0. The maximum Gasteiger partial charge on any atom is 0.0257 e. The van der Waals surface area contributed by atoms with Gasteiger partial charge in [-0.05, 0) is 23.3 Å². The lowest BCUT2D eigenvalue weighted by atomic mass is 10.2. The maximum absolute atomic E-state index is 3.95. The molecule has 62 valence electrons. The topological polar surface area (TPSA) is 12.0 Å². The quantitative estimate of drug-likeness (QED) is 0.666. The average molecular weight is 159 g/mol. The zero-order valence-electron chi connectivity index (χ0n) is 7.09. The predicted molar refractivity (Wildman–Crippen MR) is 51.8 cm³/mol. The number of hydrogen-bond donors (Lipinski definition) is 1. The Labute approximate surface area is 72.4 Å². The van der Waals surface area contributed by atoms with Gasteiger partial charge in [0.05, 0.1) is 0 Å². The van der Waals surface area contributed by atoms with Crippen molar-refractivity contribution in [1.82, 2.24) is 5.32 Å². The predicted octanol–water partition coefficient (Wildman–Crippen LogP) is 0.587. The zero-order chi connectivity index (χ0) is 8.39. The lowest BCUT2D eigenvalue weighted by molar-refractivity contribution is 0.904. The molecule has 1 N–H and O–H groups in total. The van der Waals surface area contributed by atoms with Crippen molar-refractivity contribution >= 4 is 12.8 Å². The van der Waals surface area contributed by atoms with E-state index in [9.17, 15) is 0 Å². The molecular weight excluding hydrogens is 146 g/mol. The van der Waals surface area contributed by atoms with Crippen molar-refractivity contribution in [3.63, 3.8) is 0 Å². The second-order valence-corrected chi connectivity index (χ2v) is 3.28. The second kappa shape index (κ2) is 3.02. The highest BCUT2D eigenvalue weighted by Gasteiger charge is 2.18. The molecule has 0 aliphatic heterocycles. The summed E-state index contributed by atoms with van der Waals surface area (Å²) in [5, 5.41) is 5.64. The zero-order valence-corrected chi connectivity index (χ0v) is 7.09. The molecule has 1 fully saturated rings. The van der Waals surface area contributed by atoms with Gasteiger partial charge in [-0.15, -0.1) is 0 Å². The monoisotopic (exact) mass is 159 g/mol. The van der Waals surface area contributed by atoms with Gasteiger partial charge in [-0.2, -0.15) is 0 Å². The summed E-state index contributed by atoms with van der Waals surface area (Å²) in [5.41, 5.74) is 0. The summed E-state index contributed by atoms with van der Waals surface area (Å²) in [6, 6.07) is 8.88. The van der Waals surface area contributed by atoms with Crippen molar-refractivity contribution in [1.29, 1.82) is 0 Å². The molecule has 2 rings (SSSR count). The van der Waals surface area contributed by atoms with Crippen LogP contribution >= 0.6 is 0 Å². The van der Waals surface area contributed by atoms with Crippen LogP contribution in [0.2, 0.25) is 0 Å². The van der Waals surface area contributed by atoms with Crippen molar-refractivity contribution in [3.05, 3.63) is 34.7 Å². The Morgan fingerprint density at radius 2 is 2.08 bits per heavy atom. The Balaban J connectivity index is 2.25. The molecule has 0 atom stereocenters. The largest absolute Gasteiger partial charge is 0.388 e. The minimum Gasteiger partial charge on any atom is -0.388 e. The molecule has 1 saturated carbocycles. The summed E-state index contributed by atoms with van der Waals surface area (Å²) in [6.45, 7) is 3.95. The summed E-state index contributed by atoms with van der Waals surface area (Å²) in [4.78, 5) is 0. The van der Waals surface area contributed by atoms with Crippen LogP contribution in [0.15, 0.2) is 24.3 Å². The lowest BCUT2D eigenvalue weighted by Crippen LogP contribution is -2.25. The first-order valence-corrected chi connectivity index (χ1v) is 4.36. The van der Waals surface area contributed by atoms with Crippen LogP contribution in [0.25, 0.3) is 12.8 Å². The molecule has 1 nitrogen and oxygen atoms in total. The summed E-state index contributed by atoms with van der Waals surface area (Å²) < 4.78 is 0. The van der Waals surface area contributed by atoms with Crippen LogP contribution in [0, 0.1) is 0 Å². The Bertz CT molecular complexity index is 363. The number of hydrogen-bond acceptors (Lipinski definition) is 1. The molecule has 0 radical (unpaired) electrons. The molecule has 0 spiro atoms. The van der Waals surface area contributed by atoms with Crippen molar-refractivity contribution in [2.75, 3.05) is 0 Å². The van der Waals surface area contributed by atoms with E-state index < -0.39 is 0 Å². The lowest BCUT2D eigenvalue weighted by Gasteiger charge is -1.93. The van der Waals surface area contributed by atoms with E-state index in [2.05, 4.69) is 24.2 Å². The van der Waals surface area contributed by atoms with Gasteiger partial charge in [0.25, 0.3) is 0 Å². The minimum atomic E-state index is 0.726. The maximum atomic E-state index is 3.95. The fourth-order valence-electron chi connectivity index (χ4n) is 1.13. The van der Waals surface area contributed by atoms with Crippen molar-refractivity contribution in [2.24, 2.45) is 0 Å². The van der Waals surface area contributed by atoms with Crippen LogP contribution in [0.4, 0.5) is 0 Å². The molecule has 0 aromatic heterocycles. The molecule has 1 aromatic carbocycles. The molecule has 0 unspecified atom stereocenters. The Morgan fingerprint density at radius 1 is 1.33 bits per heavy atom. The average Bonchev–Trinajstić information content (AvgIpc) is 2.86. The number of rotatable bonds is 2. The van der Waals surface area contributed by atoms with Gasteiger partial charge in [-0.3, -0.25) is 0 Å². The van der Waals surface area contributed by atoms with Gasteiger partial charge in [-0.1, -0.05) is 30.8 Å². The van der Waals surface area contributed by atoms with E-state index in [1.165, 1.54) is 18.1 Å². The van der Waals surface area contributed by atoms with Crippen molar-refractivity contribution < 1.29 is 0 Å². The normalized spacial score (nSPS) is 17.8. The summed E-state index contributed by atoms with van der Waals surface area (Å²) in [6.07, 6.45) is 4.70. The smallest absolute Gasteiger partial charge is 0.0257 e. The van der Waals surface area contributed by atoms with E-state index in [-0.39, 0.29) is 0 Å². The fourth-order valence-corrected chi connectivity index (χ4v) is 1.13. The SMILES string of the molecule is C=c1cccc/c1=C/NC1CC1. The van der Waals surface area contributed by atoms with Gasteiger partial charge in [0.15, 0.2) is 0 Å². The molecule has 0 heterocycles. The Morgan fingerprint density at radius 3 is 2.75 bits per heavy atom. The van der Waals surface area contributed by atoms with Gasteiger partial charge in [0.1, 0.15) is 0 Å². The third kappa shape index (κ3) is 1.67. The second-order valence-electron chi connectivity index (χ2n) is 3.28. The van der Waals surface area contributed by atoms with Crippen molar-refractivity contribution in [2.45, 2.75) is 18.9 Å². The van der Waals surface area contributed by atoms with Crippen LogP contribution in [0.5, 0.6) is 0 Å². The first-order valence-electron chi connectivity index (χ1n) is 4.36. The first kappa shape index (κ1) is 7.41. The van der Waals surface area contributed by atoms with E-state index >= 15 is 0 Å². The van der Waals surface area contributed by atoms with Crippen molar-refractivity contribution in [3.8, 4) is 0 Å². The van der Waals surface area contributed by atoms with Gasteiger partial charge >= 0.3 is 0 Å². The third-order valence-corrected chi connectivity index (χ3v) is 2.11. The third-order valence-electron chi connectivity index (χ3n) is 2.11.